The molecule has 0 saturated heterocycles. The molecule has 17 heavy (non-hydrogen) atoms. The summed E-state index contributed by atoms with van der Waals surface area (Å²) in [5.41, 5.74) is 7.42. The summed E-state index contributed by atoms with van der Waals surface area (Å²) in [4.78, 5) is 0. The Hall–Kier alpha value is -1.07. The molecule has 0 aromatic heterocycles. The van der Waals surface area contributed by atoms with Crippen molar-refractivity contribution < 1.29 is 9.84 Å². The van der Waals surface area contributed by atoms with E-state index in [9.17, 15) is 0 Å². The van der Waals surface area contributed by atoms with Gasteiger partial charge in [-0.2, -0.15) is 11.8 Å². The van der Waals surface area contributed by atoms with Crippen LogP contribution < -0.4 is 15.8 Å². The third kappa shape index (κ3) is 5.70. The van der Waals surface area contributed by atoms with Gasteiger partial charge >= 0.3 is 0 Å². The van der Waals surface area contributed by atoms with Crippen molar-refractivity contribution in [2.75, 3.05) is 42.8 Å². The van der Waals surface area contributed by atoms with E-state index in [-0.39, 0.29) is 6.61 Å². The van der Waals surface area contributed by atoms with Crippen molar-refractivity contribution in [1.29, 1.82) is 0 Å². The Balaban J connectivity index is 2.28. The average molecular weight is 256 g/mol. The van der Waals surface area contributed by atoms with E-state index in [0.717, 1.165) is 35.9 Å². The number of benzene rings is 1. The molecule has 1 rings (SSSR count). The van der Waals surface area contributed by atoms with E-state index in [1.807, 2.05) is 23.9 Å². The van der Waals surface area contributed by atoms with Crippen LogP contribution in [0.3, 0.4) is 0 Å². The van der Waals surface area contributed by atoms with Gasteiger partial charge in [0.2, 0.25) is 0 Å². The molecule has 96 valence electrons. The number of methoxy groups -OCH3 is 1. The first-order valence-corrected chi connectivity index (χ1v) is 6.78. The zero-order valence-electron chi connectivity index (χ0n) is 10.1. The summed E-state index contributed by atoms with van der Waals surface area (Å²) in [6, 6.07) is 5.61. The second-order valence-corrected chi connectivity index (χ2v) is 4.84. The van der Waals surface area contributed by atoms with Gasteiger partial charge in [0.15, 0.2) is 0 Å². The first kappa shape index (κ1) is 14.0. The van der Waals surface area contributed by atoms with E-state index < -0.39 is 0 Å². The van der Waals surface area contributed by atoms with Gasteiger partial charge in [0, 0.05) is 42.4 Å². The van der Waals surface area contributed by atoms with Crippen LogP contribution >= 0.6 is 11.8 Å². The number of aliphatic hydroxyl groups is 1. The highest BCUT2D eigenvalue weighted by Gasteiger charge is 1.98. The molecule has 0 unspecified atom stereocenters. The van der Waals surface area contributed by atoms with Crippen LogP contribution in [0.1, 0.15) is 6.42 Å². The number of nitrogens with one attached hydrogen (secondary N) is 1. The van der Waals surface area contributed by atoms with Gasteiger partial charge < -0.3 is 20.9 Å². The lowest BCUT2D eigenvalue weighted by Crippen LogP contribution is -2.05. The maximum Gasteiger partial charge on any atom is 0.122 e. The zero-order valence-corrected chi connectivity index (χ0v) is 10.9. The zero-order chi connectivity index (χ0) is 12.5. The number of hydrogen-bond acceptors (Lipinski definition) is 5. The molecule has 0 heterocycles. The van der Waals surface area contributed by atoms with Gasteiger partial charge in [-0.05, 0) is 18.2 Å². The lowest BCUT2D eigenvalue weighted by Gasteiger charge is -2.09. The van der Waals surface area contributed by atoms with Gasteiger partial charge in [-0.15, -0.1) is 0 Å². The molecule has 0 saturated carbocycles. The molecule has 0 amide bonds. The summed E-state index contributed by atoms with van der Waals surface area (Å²) in [7, 11) is 1.63. The van der Waals surface area contributed by atoms with Crippen molar-refractivity contribution in [3.05, 3.63) is 18.2 Å². The molecule has 1 aromatic carbocycles. The van der Waals surface area contributed by atoms with E-state index >= 15 is 0 Å². The highest BCUT2D eigenvalue weighted by Crippen LogP contribution is 2.22. The topological polar surface area (TPSA) is 67.5 Å². The molecule has 4 N–H and O–H groups in total. The fourth-order valence-corrected chi connectivity index (χ4v) is 2.16. The summed E-state index contributed by atoms with van der Waals surface area (Å²) in [5, 5.41) is 11.9. The number of thioether (sulfide) groups is 1. The van der Waals surface area contributed by atoms with Crippen molar-refractivity contribution in [2.24, 2.45) is 0 Å². The molecule has 0 fully saturated rings. The third-order valence-electron chi connectivity index (χ3n) is 2.19. The van der Waals surface area contributed by atoms with Crippen molar-refractivity contribution in [1.82, 2.24) is 0 Å². The summed E-state index contributed by atoms with van der Waals surface area (Å²) < 4.78 is 5.14. The Morgan fingerprint density at radius 2 is 2.18 bits per heavy atom. The monoisotopic (exact) mass is 256 g/mol. The van der Waals surface area contributed by atoms with Gasteiger partial charge in [0.1, 0.15) is 5.75 Å². The number of nitrogen functional groups attached to an aromatic ring is 1. The fourth-order valence-electron chi connectivity index (χ4n) is 1.38. The third-order valence-corrected chi connectivity index (χ3v) is 3.26. The van der Waals surface area contributed by atoms with Gasteiger partial charge in [0.05, 0.1) is 7.11 Å². The van der Waals surface area contributed by atoms with Crippen molar-refractivity contribution in [3.63, 3.8) is 0 Å². The first-order chi connectivity index (χ1) is 8.26. The van der Waals surface area contributed by atoms with E-state index in [1.165, 1.54) is 0 Å². The van der Waals surface area contributed by atoms with Gasteiger partial charge in [0.25, 0.3) is 0 Å². The number of anilines is 2. The molecular formula is C12H20N2O2S. The van der Waals surface area contributed by atoms with Crippen LogP contribution in [0.5, 0.6) is 5.75 Å². The second kappa shape index (κ2) is 8.08. The van der Waals surface area contributed by atoms with Crippen molar-refractivity contribution in [2.45, 2.75) is 6.42 Å². The van der Waals surface area contributed by atoms with Gasteiger partial charge in [-0.1, -0.05) is 0 Å². The molecular weight excluding hydrogens is 236 g/mol. The molecule has 0 aliphatic carbocycles. The van der Waals surface area contributed by atoms with Crippen LogP contribution in [0.15, 0.2) is 18.2 Å². The number of ether oxygens (including phenoxy) is 1. The minimum absolute atomic E-state index is 0.271. The molecule has 0 aliphatic heterocycles. The molecule has 0 aliphatic rings. The molecule has 0 atom stereocenters. The fraction of sp³-hybridized carbons (Fsp3) is 0.500. The maximum absolute atomic E-state index is 8.63. The summed E-state index contributed by atoms with van der Waals surface area (Å²) in [6.45, 7) is 1.15. The lowest BCUT2D eigenvalue weighted by molar-refractivity contribution is 0.296. The normalized spacial score (nSPS) is 10.2. The summed E-state index contributed by atoms with van der Waals surface area (Å²) in [5.74, 6) is 2.77. The van der Waals surface area contributed by atoms with Crippen molar-refractivity contribution in [3.8, 4) is 5.75 Å². The highest BCUT2D eigenvalue weighted by molar-refractivity contribution is 7.99. The van der Waals surface area contributed by atoms with Crippen LogP contribution in [0.25, 0.3) is 0 Å². The van der Waals surface area contributed by atoms with Gasteiger partial charge in [-0.25, -0.2) is 0 Å². The summed E-state index contributed by atoms with van der Waals surface area (Å²) in [6.07, 6.45) is 0.858. The van der Waals surface area contributed by atoms with Crippen LogP contribution in [0, 0.1) is 0 Å². The van der Waals surface area contributed by atoms with Crippen LogP contribution in [-0.2, 0) is 0 Å². The van der Waals surface area contributed by atoms with Crippen LogP contribution in [0.2, 0.25) is 0 Å². The maximum atomic E-state index is 8.63. The van der Waals surface area contributed by atoms with E-state index in [0.29, 0.717) is 5.69 Å². The quantitative estimate of drug-likeness (QED) is 0.489. The van der Waals surface area contributed by atoms with E-state index in [1.54, 1.807) is 13.2 Å². The number of aliphatic hydroxyl groups excluding tert-OH is 1. The van der Waals surface area contributed by atoms with Gasteiger partial charge in [-0.3, -0.25) is 0 Å². The number of rotatable bonds is 8. The first-order valence-electron chi connectivity index (χ1n) is 5.63. The van der Waals surface area contributed by atoms with Crippen LogP contribution in [-0.4, -0.2) is 36.9 Å². The Labute approximate surface area is 107 Å². The predicted molar refractivity (Wildman–Crippen MR) is 74.9 cm³/mol. The summed E-state index contributed by atoms with van der Waals surface area (Å²) >= 11 is 1.83. The molecule has 0 bridgehead atoms. The second-order valence-electron chi connectivity index (χ2n) is 3.61. The minimum atomic E-state index is 0.271. The standard InChI is InChI=1S/C12H20N2O2S/c1-16-12-8-10(13)7-11(9-12)14-3-6-17-5-2-4-15/h7-9,14-15H,2-6,13H2,1H3. The largest absolute Gasteiger partial charge is 0.497 e. The predicted octanol–water partition coefficient (Wildman–Crippen LogP) is 1.80. The van der Waals surface area contributed by atoms with E-state index in [4.69, 9.17) is 15.6 Å². The molecule has 5 heteroatoms. The molecule has 0 radical (unpaired) electrons. The average Bonchev–Trinajstić information content (AvgIpc) is 2.33. The molecule has 0 spiro atoms. The SMILES string of the molecule is COc1cc(N)cc(NCCSCCCO)c1. The Morgan fingerprint density at radius 1 is 1.35 bits per heavy atom. The number of hydrogen-bond donors (Lipinski definition) is 3. The minimum Gasteiger partial charge on any atom is -0.497 e. The lowest BCUT2D eigenvalue weighted by atomic mass is 10.2. The Kier molecular flexibility index (Phi) is 6.65. The van der Waals surface area contributed by atoms with Crippen LogP contribution in [0.4, 0.5) is 11.4 Å². The molecule has 4 nitrogen and oxygen atoms in total. The van der Waals surface area contributed by atoms with Crippen molar-refractivity contribution >= 4 is 23.1 Å². The smallest absolute Gasteiger partial charge is 0.122 e. The Bertz CT molecular complexity index is 334. The highest BCUT2D eigenvalue weighted by atomic mass is 32.2. The Morgan fingerprint density at radius 3 is 2.88 bits per heavy atom. The number of nitrogens with two attached hydrogens (primary N) is 1. The van der Waals surface area contributed by atoms with E-state index in [2.05, 4.69) is 5.32 Å². The molecule has 1 aromatic rings.